The van der Waals surface area contributed by atoms with Gasteiger partial charge in [-0.25, -0.2) is 9.59 Å². The first kappa shape index (κ1) is 24.6. The van der Waals surface area contributed by atoms with Crippen LogP contribution in [0, 0.1) is 0 Å². The van der Waals surface area contributed by atoms with Crippen molar-refractivity contribution in [3.05, 3.63) is 65.2 Å². The van der Waals surface area contributed by atoms with E-state index in [-0.39, 0.29) is 37.7 Å². The molecule has 0 aromatic heterocycles. The molecule has 186 valence electrons. The second kappa shape index (κ2) is 9.97. The molecule has 1 atom stereocenters. The first-order valence-corrected chi connectivity index (χ1v) is 11.5. The fourth-order valence-electron chi connectivity index (χ4n) is 4.62. The summed E-state index contributed by atoms with van der Waals surface area (Å²) in [6.07, 6.45) is -3.96. The molecule has 2 aliphatic heterocycles. The van der Waals surface area contributed by atoms with E-state index in [2.05, 4.69) is 5.32 Å². The minimum Gasteiger partial charge on any atom is -0.462 e. The van der Waals surface area contributed by atoms with Crippen molar-refractivity contribution in [3.63, 3.8) is 0 Å². The zero-order valence-electron chi connectivity index (χ0n) is 19.2. The van der Waals surface area contributed by atoms with Crippen molar-refractivity contribution in [3.8, 4) is 0 Å². The number of amides is 3. The Hall–Kier alpha value is -3.56. The molecule has 2 saturated heterocycles. The Balaban J connectivity index is 1.44. The standard InChI is InChI=1S/C25H26F3N3O4/c1-2-35-22(32)19-5-3-18(4-6-19)21-15-29-24(34)31(21)20-9-7-16(8-10-20)17-11-13-30(14-12-17)23(33)25(26,27)28/h3-10,17,21H,2,11-15H2,1H3,(H,29,34). The highest BCUT2D eigenvalue weighted by atomic mass is 19.4. The summed E-state index contributed by atoms with van der Waals surface area (Å²) >= 11 is 0. The minimum atomic E-state index is -4.85. The van der Waals surface area contributed by atoms with E-state index in [9.17, 15) is 27.6 Å². The normalized spacial score (nSPS) is 19.0. The average Bonchev–Trinajstić information content (AvgIpc) is 3.24. The molecular weight excluding hydrogens is 463 g/mol. The summed E-state index contributed by atoms with van der Waals surface area (Å²) in [5.74, 6) is -2.15. The molecule has 1 N–H and O–H groups in total. The monoisotopic (exact) mass is 489 g/mol. The Morgan fingerprint density at radius 3 is 2.17 bits per heavy atom. The fraction of sp³-hybridized carbons (Fsp3) is 0.400. The van der Waals surface area contributed by atoms with Crippen molar-refractivity contribution in [1.82, 2.24) is 10.2 Å². The van der Waals surface area contributed by atoms with Crippen LogP contribution in [-0.4, -0.2) is 55.2 Å². The van der Waals surface area contributed by atoms with Crippen molar-refractivity contribution in [1.29, 1.82) is 0 Å². The number of halogens is 3. The molecule has 10 heteroatoms. The Morgan fingerprint density at radius 1 is 1.00 bits per heavy atom. The van der Waals surface area contributed by atoms with E-state index in [1.54, 1.807) is 36.1 Å². The quantitative estimate of drug-likeness (QED) is 0.632. The molecule has 2 aliphatic rings. The van der Waals surface area contributed by atoms with Gasteiger partial charge in [-0.15, -0.1) is 0 Å². The lowest BCUT2D eigenvalue weighted by atomic mass is 9.89. The predicted octanol–water partition coefficient (Wildman–Crippen LogP) is 4.40. The molecule has 2 heterocycles. The number of piperidine rings is 1. The van der Waals surface area contributed by atoms with Crippen molar-refractivity contribution >= 4 is 23.6 Å². The van der Waals surface area contributed by atoms with Gasteiger partial charge in [0.05, 0.1) is 18.2 Å². The zero-order chi connectivity index (χ0) is 25.2. The Morgan fingerprint density at radius 2 is 1.60 bits per heavy atom. The van der Waals surface area contributed by atoms with Gasteiger partial charge >= 0.3 is 24.1 Å². The van der Waals surface area contributed by atoms with Crippen LogP contribution in [-0.2, 0) is 9.53 Å². The van der Waals surface area contributed by atoms with Crippen LogP contribution in [0.2, 0.25) is 0 Å². The number of esters is 1. The number of rotatable bonds is 5. The highest BCUT2D eigenvalue weighted by Gasteiger charge is 2.43. The second-order valence-corrected chi connectivity index (χ2v) is 8.57. The van der Waals surface area contributed by atoms with E-state index in [1.165, 1.54) is 0 Å². The van der Waals surface area contributed by atoms with Crippen molar-refractivity contribution < 1.29 is 32.3 Å². The van der Waals surface area contributed by atoms with Gasteiger partial charge in [-0.05, 0) is 61.1 Å². The summed E-state index contributed by atoms with van der Waals surface area (Å²) in [6.45, 7) is 2.55. The number of likely N-dealkylation sites (tertiary alicyclic amines) is 1. The van der Waals surface area contributed by atoms with Crippen LogP contribution < -0.4 is 10.2 Å². The minimum absolute atomic E-state index is 0.0416. The maximum atomic E-state index is 12.7. The van der Waals surface area contributed by atoms with Gasteiger partial charge in [0, 0.05) is 25.3 Å². The average molecular weight is 489 g/mol. The number of benzene rings is 2. The maximum Gasteiger partial charge on any atom is 0.471 e. The highest BCUT2D eigenvalue weighted by molar-refractivity contribution is 5.95. The number of ether oxygens (including phenoxy) is 1. The van der Waals surface area contributed by atoms with Crippen LogP contribution in [0.3, 0.4) is 0 Å². The topological polar surface area (TPSA) is 79.0 Å². The number of urea groups is 1. The van der Waals surface area contributed by atoms with E-state index in [0.717, 1.165) is 16.0 Å². The van der Waals surface area contributed by atoms with Crippen LogP contribution in [0.4, 0.5) is 23.7 Å². The first-order chi connectivity index (χ1) is 16.7. The molecule has 1 unspecified atom stereocenters. The summed E-state index contributed by atoms with van der Waals surface area (Å²) in [5, 5.41) is 2.85. The number of alkyl halides is 3. The maximum absolute atomic E-state index is 12.7. The highest BCUT2D eigenvalue weighted by Crippen LogP contribution is 2.34. The number of carbonyl (C=O) groups is 3. The van der Waals surface area contributed by atoms with Crippen LogP contribution >= 0.6 is 0 Å². The van der Waals surface area contributed by atoms with E-state index in [4.69, 9.17) is 4.74 Å². The van der Waals surface area contributed by atoms with Gasteiger partial charge in [-0.1, -0.05) is 24.3 Å². The molecule has 2 aromatic carbocycles. The van der Waals surface area contributed by atoms with Gasteiger partial charge < -0.3 is 15.0 Å². The molecule has 35 heavy (non-hydrogen) atoms. The van der Waals surface area contributed by atoms with Gasteiger partial charge in [0.1, 0.15) is 0 Å². The molecule has 2 fully saturated rings. The molecule has 0 radical (unpaired) electrons. The molecule has 7 nitrogen and oxygen atoms in total. The lowest BCUT2D eigenvalue weighted by Gasteiger charge is -2.32. The number of nitrogens with one attached hydrogen (secondary N) is 1. The third kappa shape index (κ3) is 5.26. The summed E-state index contributed by atoms with van der Waals surface area (Å²) in [6, 6.07) is 13.9. The molecule has 2 aromatic rings. The lowest BCUT2D eigenvalue weighted by molar-refractivity contribution is -0.186. The summed E-state index contributed by atoms with van der Waals surface area (Å²) in [7, 11) is 0. The molecular formula is C25H26F3N3O4. The van der Waals surface area contributed by atoms with Crippen LogP contribution in [0.25, 0.3) is 0 Å². The van der Waals surface area contributed by atoms with Gasteiger partial charge in [0.15, 0.2) is 0 Å². The van der Waals surface area contributed by atoms with E-state index in [0.29, 0.717) is 30.6 Å². The number of hydrogen-bond acceptors (Lipinski definition) is 4. The van der Waals surface area contributed by atoms with Crippen LogP contribution in [0.5, 0.6) is 0 Å². The third-order valence-corrected chi connectivity index (χ3v) is 6.45. The van der Waals surface area contributed by atoms with Gasteiger partial charge in [-0.2, -0.15) is 13.2 Å². The number of hydrogen-bond donors (Lipinski definition) is 1. The Bertz CT molecular complexity index is 1080. The van der Waals surface area contributed by atoms with E-state index >= 15 is 0 Å². The Kier molecular flexibility index (Phi) is 7.00. The van der Waals surface area contributed by atoms with Gasteiger partial charge in [-0.3, -0.25) is 9.69 Å². The molecule has 0 spiro atoms. The molecule has 3 amide bonds. The third-order valence-electron chi connectivity index (χ3n) is 6.45. The van der Waals surface area contributed by atoms with Crippen LogP contribution in [0.15, 0.2) is 48.5 Å². The molecule has 0 bridgehead atoms. The SMILES string of the molecule is CCOC(=O)c1ccc(C2CNC(=O)N2c2ccc(C3CCN(C(=O)C(F)(F)F)CC3)cc2)cc1. The number of anilines is 1. The van der Waals surface area contributed by atoms with Crippen molar-refractivity contribution in [2.75, 3.05) is 31.1 Å². The number of carbonyl (C=O) groups excluding carboxylic acids is 3. The van der Waals surface area contributed by atoms with Crippen molar-refractivity contribution in [2.45, 2.75) is 37.9 Å². The summed E-state index contributed by atoms with van der Waals surface area (Å²) in [5.41, 5.74) is 2.95. The predicted molar refractivity (Wildman–Crippen MR) is 122 cm³/mol. The van der Waals surface area contributed by atoms with Gasteiger partial charge in [0.25, 0.3) is 0 Å². The van der Waals surface area contributed by atoms with Gasteiger partial charge in [0.2, 0.25) is 0 Å². The summed E-state index contributed by atoms with van der Waals surface area (Å²) in [4.78, 5) is 38.5. The largest absolute Gasteiger partial charge is 0.471 e. The lowest BCUT2D eigenvalue weighted by Crippen LogP contribution is -2.45. The Labute approximate surface area is 200 Å². The molecule has 0 saturated carbocycles. The fourth-order valence-corrected chi connectivity index (χ4v) is 4.62. The number of nitrogens with zero attached hydrogens (tertiary/aromatic N) is 2. The molecule has 0 aliphatic carbocycles. The van der Waals surface area contributed by atoms with Crippen molar-refractivity contribution in [2.24, 2.45) is 0 Å². The summed E-state index contributed by atoms with van der Waals surface area (Å²) < 4.78 is 43.0. The van der Waals surface area contributed by atoms with Crippen LogP contribution in [0.1, 0.15) is 53.2 Å². The molecule has 4 rings (SSSR count). The van der Waals surface area contributed by atoms with E-state index < -0.39 is 18.1 Å². The second-order valence-electron chi connectivity index (χ2n) is 8.57. The first-order valence-electron chi connectivity index (χ1n) is 11.5. The zero-order valence-corrected chi connectivity index (χ0v) is 19.2. The van der Waals surface area contributed by atoms with E-state index in [1.807, 2.05) is 24.3 Å². The smallest absolute Gasteiger partial charge is 0.462 e.